The molecule has 0 bridgehead atoms. The molecule has 96 valence electrons. The molecule has 0 saturated carbocycles. The highest BCUT2D eigenvalue weighted by Gasteiger charge is 2.35. The lowest BCUT2D eigenvalue weighted by atomic mass is 10.1. The van der Waals surface area contributed by atoms with Crippen LogP contribution in [0.2, 0.25) is 0 Å². The van der Waals surface area contributed by atoms with Gasteiger partial charge in [0.2, 0.25) is 11.8 Å². The zero-order chi connectivity index (χ0) is 12.4. The van der Waals surface area contributed by atoms with Crippen LogP contribution in [0.5, 0.6) is 0 Å². The van der Waals surface area contributed by atoms with Gasteiger partial charge in [-0.2, -0.15) is 0 Å². The molecule has 0 aromatic heterocycles. The van der Waals surface area contributed by atoms with Crippen LogP contribution in [-0.2, 0) is 14.3 Å². The first-order valence-electron chi connectivity index (χ1n) is 6.22. The average molecular weight is 240 g/mol. The highest BCUT2D eigenvalue weighted by atomic mass is 16.5. The molecular formula is C12H20N2O3. The van der Waals surface area contributed by atoms with Crippen LogP contribution in [0.3, 0.4) is 0 Å². The molecule has 2 fully saturated rings. The summed E-state index contributed by atoms with van der Waals surface area (Å²) in [7, 11) is 0. The van der Waals surface area contributed by atoms with Crippen molar-refractivity contribution < 1.29 is 14.3 Å². The fourth-order valence-corrected chi connectivity index (χ4v) is 2.20. The number of amides is 2. The Kier molecular flexibility index (Phi) is 3.66. The molecule has 0 spiro atoms. The Morgan fingerprint density at radius 1 is 1.53 bits per heavy atom. The van der Waals surface area contributed by atoms with Crippen molar-refractivity contribution in [3.05, 3.63) is 0 Å². The maximum Gasteiger partial charge on any atom is 0.225 e. The van der Waals surface area contributed by atoms with E-state index in [1.54, 1.807) is 4.90 Å². The van der Waals surface area contributed by atoms with Gasteiger partial charge in [0.1, 0.15) is 0 Å². The smallest absolute Gasteiger partial charge is 0.225 e. The second-order valence-electron chi connectivity index (χ2n) is 5.34. The molecule has 2 aliphatic rings. The van der Waals surface area contributed by atoms with Crippen LogP contribution < -0.4 is 5.32 Å². The average Bonchev–Trinajstić information content (AvgIpc) is 2.53. The van der Waals surface area contributed by atoms with Gasteiger partial charge in [0.05, 0.1) is 25.2 Å². The van der Waals surface area contributed by atoms with Crippen LogP contribution in [0.25, 0.3) is 0 Å². The number of rotatable bonds is 4. The fourth-order valence-electron chi connectivity index (χ4n) is 2.20. The van der Waals surface area contributed by atoms with Crippen LogP contribution >= 0.6 is 0 Å². The number of carbonyl (C=O) groups excluding carboxylic acids is 2. The first kappa shape index (κ1) is 12.4. The van der Waals surface area contributed by atoms with Crippen molar-refractivity contribution in [3.63, 3.8) is 0 Å². The van der Waals surface area contributed by atoms with Crippen LogP contribution in [0.4, 0.5) is 0 Å². The van der Waals surface area contributed by atoms with E-state index in [0.29, 0.717) is 32.1 Å². The lowest BCUT2D eigenvalue weighted by Gasteiger charge is -2.28. The standard InChI is InChI=1S/C12H20N2O3/c1-8(2)4-14-5-9(3-11(14)15)12(16)13-10-6-17-7-10/h8-10H,3-7H2,1-2H3,(H,13,16). The Morgan fingerprint density at radius 3 is 2.76 bits per heavy atom. The highest BCUT2D eigenvalue weighted by molar-refractivity contribution is 5.89. The van der Waals surface area contributed by atoms with Gasteiger partial charge in [-0.3, -0.25) is 9.59 Å². The van der Waals surface area contributed by atoms with E-state index in [1.165, 1.54) is 0 Å². The van der Waals surface area contributed by atoms with Crippen molar-refractivity contribution in [1.82, 2.24) is 10.2 Å². The number of hydrogen-bond donors (Lipinski definition) is 1. The van der Waals surface area contributed by atoms with Crippen molar-refractivity contribution in [2.24, 2.45) is 11.8 Å². The van der Waals surface area contributed by atoms with Crippen molar-refractivity contribution >= 4 is 11.8 Å². The van der Waals surface area contributed by atoms with Gasteiger partial charge < -0.3 is 15.0 Å². The maximum absolute atomic E-state index is 11.9. The maximum atomic E-state index is 11.9. The molecule has 5 nitrogen and oxygen atoms in total. The van der Waals surface area contributed by atoms with Crippen molar-refractivity contribution in [2.45, 2.75) is 26.3 Å². The third-order valence-corrected chi connectivity index (χ3v) is 3.16. The predicted octanol–water partition coefficient (Wildman–Crippen LogP) is 0.00590. The van der Waals surface area contributed by atoms with Crippen molar-refractivity contribution in [3.8, 4) is 0 Å². The summed E-state index contributed by atoms with van der Waals surface area (Å²) in [6.07, 6.45) is 0.353. The van der Waals surface area contributed by atoms with E-state index in [-0.39, 0.29) is 23.8 Å². The van der Waals surface area contributed by atoms with Crippen molar-refractivity contribution in [1.29, 1.82) is 0 Å². The number of carbonyl (C=O) groups is 2. The van der Waals surface area contributed by atoms with E-state index >= 15 is 0 Å². The molecule has 0 aliphatic carbocycles. The van der Waals surface area contributed by atoms with Crippen LogP contribution in [-0.4, -0.2) is 49.1 Å². The third-order valence-electron chi connectivity index (χ3n) is 3.16. The van der Waals surface area contributed by atoms with Crippen LogP contribution in [0.15, 0.2) is 0 Å². The summed E-state index contributed by atoms with van der Waals surface area (Å²) < 4.78 is 5.00. The lowest BCUT2D eigenvalue weighted by molar-refractivity contribution is -0.130. The third kappa shape index (κ3) is 2.97. The number of ether oxygens (including phenoxy) is 1. The second-order valence-corrected chi connectivity index (χ2v) is 5.34. The van der Waals surface area contributed by atoms with Crippen LogP contribution in [0, 0.1) is 11.8 Å². The van der Waals surface area contributed by atoms with Gasteiger partial charge in [-0.05, 0) is 5.92 Å². The van der Waals surface area contributed by atoms with Gasteiger partial charge in [0.25, 0.3) is 0 Å². The summed E-state index contributed by atoms with van der Waals surface area (Å²) in [6.45, 7) is 6.66. The number of likely N-dealkylation sites (tertiary alicyclic amines) is 1. The number of nitrogens with zero attached hydrogens (tertiary/aromatic N) is 1. The Morgan fingerprint density at radius 2 is 2.24 bits per heavy atom. The number of hydrogen-bond acceptors (Lipinski definition) is 3. The first-order chi connectivity index (χ1) is 8.06. The van der Waals surface area contributed by atoms with E-state index in [2.05, 4.69) is 19.2 Å². The molecule has 2 saturated heterocycles. The summed E-state index contributed by atoms with van der Waals surface area (Å²) in [4.78, 5) is 25.4. The Hall–Kier alpha value is -1.10. The molecule has 1 unspecified atom stereocenters. The van der Waals surface area contributed by atoms with Gasteiger partial charge in [0.15, 0.2) is 0 Å². The molecule has 1 N–H and O–H groups in total. The Balaban J connectivity index is 1.82. The van der Waals surface area contributed by atoms with Crippen LogP contribution in [0.1, 0.15) is 20.3 Å². The molecule has 0 radical (unpaired) electrons. The van der Waals surface area contributed by atoms with E-state index < -0.39 is 0 Å². The van der Waals surface area contributed by atoms with E-state index in [4.69, 9.17) is 4.74 Å². The minimum Gasteiger partial charge on any atom is -0.377 e. The molecule has 0 aromatic carbocycles. The predicted molar refractivity (Wildman–Crippen MR) is 62.3 cm³/mol. The molecule has 17 heavy (non-hydrogen) atoms. The van der Waals surface area contributed by atoms with Gasteiger partial charge in [-0.15, -0.1) is 0 Å². The summed E-state index contributed by atoms with van der Waals surface area (Å²) in [6, 6.07) is 0.150. The lowest BCUT2D eigenvalue weighted by Crippen LogP contribution is -2.50. The minimum atomic E-state index is -0.179. The minimum absolute atomic E-state index is 0.00194. The summed E-state index contributed by atoms with van der Waals surface area (Å²) >= 11 is 0. The van der Waals surface area contributed by atoms with Gasteiger partial charge >= 0.3 is 0 Å². The van der Waals surface area contributed by atoms with E-state index in [0.717, 1.165) is 6.54 Å². The van der Waals surface area contributed by atoms with Gasteiger partial charge in [0, 0.05) is 19.5 Å². The topological polar surface area (TPSA) is 58.6 Å². The SMILES string of the molecule is CC(C)CN1CC(C(=O)NC2COC2)CC1=O. The zero-order valence-corrected chi connectivity index (χ0v) is 10.4. The Labute approximate surface area is 101 Å². The van der Waals surface area contributed by atoms with Gasteiger partial charge in [-0.25, -0.2) is 0 Å². The molecule has 2 rings (SSSR count). The fraction of sp³-hybridized carbons (Fsp3) is 0.833. The molecule has 0 aromatic rings. The Bertz CT molecular complexity index is 313. The highest BCUT2D eigenvalue weighted by Crippen LogP contribution is 2.19. The second kappa shape index (κ2) is 5.04. The van der Waals surface area contributed by atoms with Gasteiger partial charge in [-0.1, -0.05) is 13.8 Å². The first-order valence-corrected chi connectivity index (χ1v) is 6.22. The normalized spacial score (nSPS) is 25.2. The van der Waals surface area contributed by atoms with Crippen molar-refractivity contribution in [2.75, 3.05) is 26.3 Å². The largest absolute Gasteiger partial charge is 0.377 e. The molecule has 2 aliphatic heterocycles. The monoisotopic (exact) mass is 240 g/mol. The quantitative estimate of drug-likeness (QED) is 0.753. The summed E-state index contributed by atoms with van der Waals surface area (Å²) in [5.41, 5.74) is 0. The molecule has 2 heterocycles. The molecule has 1 atom stereocenters. The number of nitrogens with one attached hydrogen (secondary N) is 1. The summed E-state index contributed by atoms with van der Waals surface area (Å²) in [5.74, 6) is 0.365. The van der Waals surface area contributed by atoms with E-state index in [1.807, 2.05) is 0 Å². The molecule has 5 heteroatoms. The molecular weight excluding hydrogens is 220 g/mol. The van der Waals surface area contributed by atoms with E-state index in [9.17, 15) is 9.59 Å². The summed E-state index contributed by atoms with van der Waals surface area (Å²) in [5, 5.41) is 2.91. The zero-order valence-electron chi connectivity index (χ0n) is 10.4. The molecule has 2 amide bonds.